The molecule has 120 valence electrons. The first-order chi connectivity index (χ1) is 11.1. The first-order valence-electron chi connectivity index (χ1n) is 7.56. The Kier molecular flexibility index (Phi) is 5.92. The first kappa shape index (κ1) is 16.7. The van der Waals surface area contributed by atoms with E-state index < -0.39 is 11.9 Å². The molecule has 0 aliphatic rings. The molecule has 0 heterocycles. The molecule has 0 amide bonds. The third kappa shape index (κ3) is 4.95. The van der Waals surface area contributed by atoms with Crippen LogP contribution in [0.2, 0.25) is 0 Å². The summed E-state index contributed by atoms with van der Waals surface area (Å²) < 4.78 is 5.84. The molecule has 0 bridgehead atoms. The number of aliphatic carboxylic acids is 1. The average Bonchev–Trinajstić information content (AvgIpc) is 2.54. The summed E-state index contributed by atoms with van der Waals surface area (Å²) in [5, 5.41) is 9.09. The molecule has 0 aliphatic carbocycles. The van der Waals surface area contributed by atoms with Crippen LogP contribution in [-0.4, -0.2) is 16.9 Å². The predicted molar refractivity (Wildman–Crippen MR) is 87.3 cm³/mol. The van der Waals surface area contributed by atoms with Crippen molar-refractivity contribution in [1.29, 1.82) is 0 Å². The summed E-state index contributed by atoms with van der Waals surface area (Å²) in [6.45, 7) is 1.77. The topological polar surface area (TPSA) is 63.6 Å². The Hall–Kier alpha value is -2.62. The van der Waals surface area contributed by atoms with Gasteiger partial charge in [-0.3, -0.25) is 9.59 Å². The smallest absolute Gasteiger partial charge is 0.314 e. The molecule has 0 fully saturated rings. The van der Waals surface area contributed by atoms with Gasteiger partial charge < -0.3 is 9.84 Å². The number of ketones is 1. The van der Waals surface area contributed by atoms with Gasteiger partial charge in [0.1, 0.15) is 24.1 Å². The number of ether oxygens (including phenoxy) is 1. The maximum atomic E-state index is 11.4. The van der Waals surface area contributed by atoms with Crippen molar-refractivity contribution in [2.75, 3.05) is 0 Å². The number of carbonyl (C=O) groups is 2. The van der Waals surface area contributed by atoms with Crippen LogP contribution in [0.4, 0.5) is 0 Å². The number of para-hydroxylation sites is 1. The highest BCUT2D eigenvalue weighted by Gasteiger charge is 2.22. The van der Waals surface area contributed by atoms with Gasteiger partial charge in [-0.1, -0.05) is 48.5 Å². The van der Waals surface area contributed by atoms with E-state index in [1.165, 1.54) is 6.92 Å². The molecule has 4 nitrogen and oxygen atoms in total. The van der Waals surface area contributed by atoms with E-state index >= 15 is 0 Å². The molecule has 1 unspecified atom stereocenters. The summed E-state index contributed by atoms with van der Waals surface area (Å²) >= 11 is 0. The molecule has 0 saturated carbocycles. The third-order valence-corrected chi connectivity index (χ3v) is 3.70. The number of rotatable bonds is 8. The maximum Gasteiger partial charge on any atom is 0.314 e. The minimum Gasteiger partial charge on any atom is -0.489 e. The Morgan fingerprint density at radius 3 is 2.35 bits per heavy atom. The second-order valence-electron chi connectivity index (χ2n) is 5.42. The van der Waals surface area contributed by atoms with Gasteiger partial charge in [0.2, 0.25) is 0 Å². The van der Waals surface area contributed by atoms with Gasteiger partial charge >= 0.3 is 5.97 Å². The number of carboxylic acids is 1. The molecule has 2 aromatic rings. The lowest BCUT2D eigenvalue weighted by molar-refractivity contribution is -0.145. The van der Waals surface area contributed by atoms with E-state index in [1.54, 1.807) is 0 Å². The van der Waals surface area contributed by atoms with Crippen molar-refractivity contribution in [1.82, 2.24) is 0 Å². The Morgan fingerprint density at radius 1 is 1.04 bits per heavy atom. The fourth-order valence-corrected chi connectivity index (χ4v) is 2.39. The monoisotopic (exact) mass is 312 g/mol. The average molecular weight is 312 g/mol. The molecule has 2 rings (SSSR count). The van der Waals surface area contributed by atoms with E-state index in [0.717, 1.165) is 16.9 Å². The van der Waals surface area contributed by atoms with Crippen molar-refractivity contribution in [2.24, 2.45) is 5.92 Å². The summed E-state index contributed by atoms with van der Waals surface area (Å²) in [5.74, 6) is -1.62. The molecule has 0 spiro atoms. The van der Waals surface area contributed by atoms with Crippen LogP contribution in [0.5, 0.6) is 5.75 Å². The van der Waals surface area contributed by atoms with Gasteiger partial charge in [-0.15, -0.1) is 0 Å². The molecule has 1 atom stereocenters. The maximum absolute atomic E-state index is 11.4. The lowest BCUT2D eigenvalue weighted by atomic mass is 9.96. The van der Waals surface area contributed by atoms with Crippen molar-refractivity contribution in [3.8, 4) is 5.75 Å². The van der Waals surface area contributed by atoms with Gasteiger partial charge in [0.15, 0.2) is 0 Å². The van der Waals surface area contributed by atoms with Crippen LogP contribution in [0.15, 0.2) is 54.6 Å². The van der Waals surface area contributed by atoms with Gasteiger partial charge in [-0.05, 0) is 37.0 Å². The minimum atomic E-state index is -1.07. The molecular weight excluding hydrogens is 292 g/mol. The predicted octanol–water partition coefficient (Wildman–Crippen LogP) is 3.49. The van der Waals surface area contributed by atoms with Gasteiger partial charge in [-0.2, -0.15) is 0 Å². The fraction of sp³-hybridized carbons (Fsp3) is 0.263. The Balaban J connectivity index is 2.02. The van der Waals surface area contributed by atoms with Crippen molar-refractivity contribution < 1.29 is 19.4 Å². The zero-order chi connectivity index (χ0) is 16.7. The number of carboxylic acid groups (broad SMARTS) is 1. The van der Waals surface area contributed by atoms with Crippen LogP contribution in [-0.2, 0) is 22.6 Å². The lowest BCUT2D eigenvalue weighted by Crippen LogP contribution is -2.22. The second-order valence-corrected chi connectivity index (χ2v) is 5.42. The number of benzene rings is 2. The van der Waals surface area contributed by atoms with Gasteiger partial charge in [0.25, 0.3) is 0 Å². The van der Waals surface area contributed by atoms with Crippen LogP contribution < -0.4 is 4.74 Å². The SMILES string of the molecule is CC(=O)C(CCc1ccccc1OCc1ccccc1)C(=O)O. The van der Waals surface area contributed by atoms with Gasteiger partial charge in [0.05, 0.1) is 0 Å². The molecule has 2 aromatic carbocycles. The van der Waals surface area contributed by atoms with E-state index in [2.05, 4.69) is 0 Å². The van der Waals surface area contributed by atoms with E-state index in [0.29, 0.717) is 13.0 Å². The van der Waals surface area contributed by atoms with E-state index in [9.17, 15) is 9.59 Å². The zero-order valence-electron chi connectivity index (χ0n) is 13.1. The second kappa shape index (κ2) is 8.13. The largest absolute Gasteiger partial charge is 0.489 e. The highest BCUT2D eigenvalue weighted by Crippen LogP contribution is 2.22. The quantitative estimate of drug-likeness (QED) is 0.758. The van der Waals surface area contributed by atoms with Crippen LogP contribution in [0, 0.1) is 5.92 Å². The molecule has 0 aliphatic heterocycles. The summed E-state index contributed by atoms with van der Waals surface area (Å²) in [4.78, 5) is 22.5. The van der Waals surface area contributed by atoms with Crippen molar-refractivity contribution in [2.45, 2.75) is 26.4 Å². The summed E-state index contributed by atoms with van der Waals surface area (Å²) in [5.41, 5.74) is 1.98. The third-order valence-electron chi connectivity index (χ3n) is 3.70. The van der Waals surface area contributed by atoms with Crippen molar-refractivity contribution in [3.63, 3.8) is 0 Å². The van der Waals surface area contributed by atoms with E-state index in [4.69, 9.17) is 9.84 Å². The standard InChI is InChI=1S/C19H20O4/c1-14(20)17(19(21)22)12-11-16-9-5-6-10-18(16)23-13-15-7-3-2-4-8-15/h2-10,17H,11-13H2,1H3,(H,21,22). The molecule has 0 aromatic heterocycles. The Morgan fingerprint density at radius 2 is 1.70 bits per heavy atom. The van der Waals surface area contributed by atoms with Crippen molar-refractivity contribution in [3.05, 3.63) is 65.7 Å². The number of hydrogen-bond acceptors (Lipinski definition) is 3. The van der Waals surface area contributed by atoms with Gasteiger partial charge in [0, 0.05) is 0 Å². The minimum absolute atomic E-state index is 0.274. The molecule has 0 radical (unpaired) electrons. The molecule has 0 saturated heterocycles. The normalized spacial score (nSPS) is 11.7. The lowest BCUT2D eigenvalue weighted by Gasteiger charge is -2.13. The van der Waals surface area contributed by atoms with Crippen molar-refractivity contribution >= 4 is 11.8 Å². The number of carbonyl (C=O) groups excluding carboxylic acids is 1. The number of hydrogen-bond donors (Lipinski definition) is 1. The molecule has 23 heavy (non-hydrogen) atoms. The summed E-state index contributed by atoms with van der Waals surface area (Å²) in [6, 6.07) is 17.4. The highest BCUT2D eigenvalue weighted by molar-refractivity contribution is 5.96. The fourth-order valence-electron chi connectivity index (χ4n) is 2.39. The van der Waals surface area contributed by atoms with E-state index in [1.807, 2.05) is 54.6 Å². The highest BCUT2D eigenvalue weighted by atomic mass is 16.5. The van der Waals surface area contributed by atoms with Crippen LogP contribution >= 0.6 is 0 Å². The summed E-state index contributed by atoms with van der Waals surface area (Å²) in [7, 11) is 0. The zero-order valence-corrected chi connectivity index (χ0v) is 13.1. The first-order valence-corrected chi connectivity index (χ1v) is 7.56. The Labute approximate surface area is 135 Å². The van der Waals surface area contributed by atoms with Crippen LogP contribution in [0.1, 0.15) is 24.5 Å². The summed E-state index contributed by atoms with van der Waals surface area (Å²) in [6.07, 6.45) is 0.762. The van der Waals surface area contributed by atoms with Crippen LogP contribution in [0.25, 0.3) is 0 Å². The van der Waals surface area contributed by atoms with Crippen LogP contribution in [0.3, 0.4) is 0 Å². The van der Waals surface area contributed by atoms with Gasteiger partial charge in [-0.25, -0.2) is 0 Å². The van der Waals surface area contributed by atoms with E-state index in [-0.39, 0.29) is 12.2 Å². The molecule has 4 heteroatoms. The Bertz CT molecular complexity index is 650. The molecule has 1 N–H and O–H groups in total. The number of Topliss-reactive ketones (excluding diaryl/α,β-unsaturated/α-hetero) is 1. The molecular formula is C19H20O4. The number of aryl methyl sites for hydroxylation is 1.